The van der Waals surface area contributed by atoms with Crippen LogP contribution in [0.3, 0.4) is 0 Å². The fourth-order valence-electron chi connectivity index (χ4n) is 2.82. The van der Waals surface area contributed by atoms with Gasteiger partial charge < -0.3 is 9.47 Å². The molecule has 0 radical (unpaired) electrons. The summed E-state index contributed by atoms with van der Waals surface area (Å²) in [6, 6.07) is 11.4. The molecule has 0 aliphatic carbocycles. The number of anilines is 1. The van der Waals surface area contributed by atoms with Crippen LogP contribution in [0.5, 0.6) is 11.5 Å². The summed E-state index contributed by atoms with van der Waals surface area (Å²) >= 11 is 6.77. The van der Waals surface area contributed by atoms with Gasteiger partial charge in [-0.15, -0.1) is 0 Å². The first-order chi connectivity index (χ1) is 12.5. The second kappa shape index (κ2) is 7.51. The maximum atomic E-state index is 13.0. The smallest absolute Gasteiger partial charge is 0.270 e. The first-order valence-electron chi connectivity index (χ1n) is 8.03. The van der Waals surface area contributed by atoms with E-state index in [1.54, 1.807) is 25.2 Å². The van der Waals surface area contributed by atoms with E-state index in [0.717, 1.165) is 22.4 Å². The molecule has 0 atom stereocenters. The molecule has 0 N–H and O–H groups in total. The van der Waals surface area contributed by atoms with Crippen LogP contribution in [0.15, 0.2) is 41.3 Å². The Hall–Kier alpha value is -2.31. The van der Waals surface area contributed by atoms with Gasteiger partial charge in [0.2, 0.25) is 0 Å². The van der Waals surface area contributed by atoms with Gasteiger partial charge in [0.15, 0.2) is 15.8 Å². The van der Waals surface area contributed by atoms with Gasteiger partial charge in [-0.3, -0.25) is 9.69 Å². The standard InChI is InChI=1S/C20H19NO3S2/c1-12-7-5-9-15(13(12)2)21-19(22)17(26-20(21)25)11-14-8-6-10-16(23-3)18(14)24-4/h5-11H,1-4H3/b17-11+. The average Bonchev–Trinajstić information content (AvgIpc) is 2.91. The Morgan fingerprint density at radius 1 is 1.08 bits per heavy atom. The molecule has 3 rings (SSSR count). The number of ether oxygens (including phenoxy) is 2. The van der Waals surface area contributed by atoms with Gasteiger partial charge in [0.25, 0.3) is 5.91 Å². The molecule has 0 saturated carbocycles. The molecule has 1 aliphatic heterocycles. The number of rotatable bonds is 4. The molecule has 0 bridgehead atoms. The van der Waals surface area contributed by atoms with Crippen LogP contribution in [0.2, 0.25) is 0 Å². The summed E-state index contributed by atoms with van der Waals surface area (Å²) in [5.41, 5.74) is 3.76. The van der Waals surface area contributed by atoms with Crippen molar-refractivity contribution in [2.75, 3.05) is 19.1 Å². The first-order valence-corrected chi connectivity index (χ1v) is 9.25. The first kappa shape index (κ1) is 18.5. The molecular formula is C20H19NO3S2. The van der Waals surface area contributed by atoms with Crippen molar-refractivity contribution in [3.8, 4) is 11.5 Å². The van der Waals surface area contributed by atoms with Crippen LogP contribution in [0.4, 0.5) is 5.69 Å². The zero-order valence-corrected chi connectivity index (χ0v) is 16.7. The van der Waals surface area contributed by atoms with Crippen molar-refractivity contribution in [1.82, 2.24) is 0 Å². The molecule has 0 spiro atoms. The number of nitrogens with zero attached hydrogens (tertiary/aromatic N) is 1. The summed E-state index contributed by atoms with van der Waals surface area (Å²) in [4.78, 5) is 15.2. The van der Waals surface area contributed by atoms with Crippen molar-refractivity contribution in [2.45, 2.75) is 13.8 Å². The quantitative estimate of drug-likeness (QED) is 0.562. The maximum Gasteiger partial charge on any atom is 0.270 e. The number of hydrogen-bond donors (Lipinski definition) is 0. The SMILES string of the molecule is COc1cccc(/C=C2/SC(=S)N(c3cccc(C)c3C)C2=O)c1OC. The lowest BCUT2D eigenvalue weighted by atomic mass is 10.1. The average molecular weight is 386 g/mol. The van der Waals surface area contributed by atoms with E-state index in [1.807, 2.05) is 50.2 Å². The third-order valence-corrected chi connectivity index (χ3v) is 5.63. The summed E-state index contributed by atoms with van der Waals surface area (Å²) in [5, 5.41) is 0. The fourth-order valence-corrected chi connectivity index (χ4v) is 4.10. The van der Waals surface area contributed by atoms with Crippen LogP contribution in [-0.4, -0.2) is 24.4 Å². The minimum Gasteiger partial charge on any atom is -0.493 e. The molecule has 4 nitrogen and oxygen atoms in total. The van der Waals surface area contributed by atoms with Gasteiger partial charge in [0, 0.05) is 5.56 Å². The van der Waals surface area contributed by atoms with Crippen LogP contribution in [0, 0.1) is 13.8 Å². The molecule has 0 unspecified atom stereocenters. The largest absolute Gasteiger partial charge is 0.493 e. The third kappa shape index (κ3) is 3.22. The molecule has 2 aromatic rings. The number of carbonyl (C=O) groups is 1. The molecule has 26 heavy (non-hydrogen) atoms. The van der Waals surface area contributed by atoms with Crippen molar-refractivity contribution in [3.63, 3.8) is 0 Å². The van der Waals surface area contributed by atoms with E-state index < -0.39 is 0 Å². The van der Waals surface area contributed by atoms with Crippen molar-refractivity contribution >= 4 is 46.0 Å². The second-order valence-electron chi connectivity index (χ2n) is 5.82. The molecule has 1 fully saturated rings. The van der Waals surface area contributed by atoms with Gasteiger partial charge >= 0.3 is 0 Å². The van der Waals surface area contributed by atoms with Gasteiger partial charge in [-0.1, -0.05) is 48.2 Å². The van der Waals surface area contributed by atoms with Crippen molar-refractivity contribution in [1.29, 1.82) is 0 Å². The Bertz CT molecular complexity index is 921. The number of methoxy groups -OCH3 is 2. The van der Waals surface area contributed by atoms with Crippen LogP contribution in [0.25, 0.3) is 6.08 Å². The summed E-state index contributed by atoms with van der Waals surface area (Å²) < 4.78 is 11.3. The van der Waals surface area contributed by atoms with Gasteiger partial charge in [-0.05, 0) is 43.2 Å². The summed E-state index contributed by atoms with van der Waals surface area (Å²) in [5.74, 6) is 1.08. The summed E-state index contributed by atoms with van der Waals surface area (Å²) in [6.45, 7) is 4.02. The van der Waals surface area contributed by atoms with E-state index in [2.05, 4.69) is 0 Å². The van der Waals surface area contributed by atoms with Gasteiger partial charge in [0.1, 0.15) is 0 Å². The number of carbonyl (C=O) groups excluding carboxylic acids is 1. The van der Waals surface area contributed by atoms with E-state index in [0.29, 0.717) is 20.7 Å². The monoisotopic (exact) mass is 385 g/mol. The minimum atomic E-state index is -0.126. The van der Waals surface area contributed by atoms with Crippen molar-refractivity contribution in [3.05, 3.63) is 58.0 Å². The Labute approximate surface area is 162 Å². The Morgan fingerprint density at radius 3 is 2.50 bits per heavy atom. The second-order valence-corrected chi connectivity index (χ2v) is 7.49. The molecule has 2 aromatic carbocycles. The van der Waals surface area contributed by atoms with E-state index >= 15 is 0 Å². The number of thioether (sulfide) groups is 1. The molecule has 1 saturated heterocycles. The van der Waals surface area contributed by atoms with E-state index in [1.165, 1.54) is 11.8 Å². The molecule has 1 heterocycles. The molecule has 6 heteroatoms. The number of amides is 1. The molecule has 134 valence electrons. The van der Waals surface area contributed by atoms with Gasteiger partial charge in [-0.25, -0.2) is 0 Å². The summed E-state index contributed by atoms with van der Waals surface area (Å²) in [7, 11) is 3.16. The van der Waals surface area contributed by atoms with E-state index in [-0.39, 0.29) is 5.91 Å². The summed E-state index contributed by atoms with van der Waals surface area (Å²) in [6.07, 6.45) is 1.80. The number of para-hydroxylation sites is 1. The van der Waals surface area contributed by atoms with Gasteiger partial charge in [-0.2, -0.15) is 0 Å². The van der Waals surface area contributed by atoms with Crippen molar-refractivity contribution < 1.29 is 14.3 Å². The van der Waals surface area contributed by atoms with Crippen molar-refractivity contribution in [2.24, 2.45) is 0 Å². The lowest BCUT2D eigenvalue weighted by Gasteiger charge is -2.18. The van der Waals surface area contributed by atoms with Crippen LogP contribution >= 0.6 is 24.0 Å². The number of thiocarbonyl (C=S) groups is 1. The fraction of sp³-hybridized carbons (Fsp3) is 0.200. The zero-order chi connectivity index (χ0) is 18.8. The Morgan fingerprint density at radius 2 is 1.81 bits per heavy atom. The normalized spacial score (nSPS) is 15.7. The predicted octanol–water partition coefficient (Wildman–Crippen LogP) is 4.73. The third-order valence-electron chi connectivity index (χ3n) is 4.33. The molecule has 0 aromatic heterocycles. The minimum absolute atomic E-state index is 0.126. The highest BCUT2D eigenvalue weighted by Crippen LogP contribution is 2.40. The Balaban J connectivity index is 2.02. The van der Waals surface area contributed by atoms with Crippen LogP contribution in [0.1, 0.15) is 16.7 Å². The lowest BCUT2D eigenvalue weighted by Crippen LogP contribution is -2.28. The van der Waals surface area contributed by atoms with Gasteiger partial charge in [0.05, 0.1) is 24.8 Å². The van der Waals surface area contributed by atoms with Crippen LogP contribution < -0.4 is 14.4 Å². The molecule has 1 amide bonds. The van der Waals surface area contributed by atoms with E-state index in [9.17, 15) is 4.79 Å². The predicted molar refractivity (Wildman–Crippen MR) is 111 cm³/mol. The van der Waals surface area contributed by atoms with E-state index in [4.69, 9.17) is 21.7 Å². The topological polar surface area (TPSA) is 38.8 Å². The highest BCUT2D eigenvalue weighted by Gasteiger charge is 2.34. The maximum absolute atomic E-state index is 13.0. The Kier molecular flexibility index (Phi) is 5.34. The number of aryl methyl sites for hydroxylation is 1. The molecular weight excluding hydrogens is 366 g/mol. The molecule has 1 aliphatic rings. The highest BCUT2D eigenvalue weighted by atomic mass is 32.2. The highest BCUT2D eigenvalue weighted by molar-refractivity contribution is 8.27. The zero-order valence-electron chi connectivity index (χ0n) is 15.0. The number of hydrogen-bond acceptors (Lipinski definition) is 5. The number of benzene rings is 2. The van der Waals surface area contributed by atoms with Crippen LogP contribution in [-0.2, 0) is 4.79 Å². The lowest BCUT2D eigenvalue weighted by molar-refractivity contribution is -0.113.